The Morgan fingerprint density at radius 1 is 1.26 bits per heavy atom. The number of hydrogen-bond acceptors (Lipinski definition) is 5. The van der Waals surface area contributed by atoms with Gasteiger partial charge in [-0.15, -0.1) is 0 Å². The van der Waals surface area contributed by atoms with Crippen LogP contribution in [0.15, 0.2) is 24.3 Å². The number of methoxy groups -OCH3 is 1. The highest BCUT2D eigenvalue weighted by Gasteiger charge is 2.43. The molecule has 0 aliphatic carbocycles. The molecule has 146 valence electrons. The van der Waals surface area contributed by atoms with Crippen molar-refractivity contribution in [2.24, 2.45) is 5.92 Å². The number of hydrogen-bond donors (Lipinski definition) is 0. The molecule has 0 saturated carbocycles. The summed E-state index contributed by atoms with van der Waals surface area (Å²) >= 11 is 0. The van der Waals surface area contributed by atoms with Gasteiger partial charge >= 0.3 is 0 Å². The number of carbonyl (C=O) groups excluding carboxylic acids is 2. The van der Waals surface area contributed by atoms with E-state index < -0.39 is 5.79 Å². The molecular formula is C20H26N2O5. The Balaban J connectivity index is 1.33. The lowest BCUT2D eigenvalue weighted by Crippen LogP contribution is -2.49. The summed E-state index contributed by atoms with van der Waals surface area (Å²) < 4.78 is 16.7. The Kier molecular flexibility index (Phi) is 5.06. The lowest BCUT2D eigenvalue weighted by Gasteiger charge is -2.38. The van der Waals surface area contributed by atoms with Gasteiger partial charge in [-0.25, -0.2) is 0 Å². The number of piperidine rings is 1. The van der Waals surface area contributed by atoms with Crippen molar-refractivity contribution in [2.75, 3.05) is 40.0 Å². The minimum atomic E-state index is -0.485. The largest absolute Gasteiger partial charge is 0.497 e. The van der Waals surface area contributed by atoms with Gasteiger partial charge in [-0.1, -0.05) is 12.1 Å². The minimum absolute atomic E-state index is 0.0344. The van der Waals surface area contributed by atoms with Gasteiger partial charge in [0, 0.05) is 45.4 Å². The quantitative estimate of drug-likeness (QED) is 0.797. The third-order valence-corrected chi connectivity index (χ3v) is 5.72. The number of benzene rings is 1. The third-order valence-electron chi connectivity index (χ3n) is 5.72. The van der Waals surface area contributed by atoms with Crippen LogP contribution < -0.4 is 4.74 Å². The van der Waals surface area contributed by atoms with Crippen molar-refractivity contribution >= 4 is 11.8 Å². The standard InChI is InChI=1S/C20H26N2O5/c1-25-17-4-2-3-15(11-17)13-22-14-16(12-18(22)23)19(24)21-7-5-20(6-8-21)26-9-10-27-20/h2-4,11,16H,5-10,12-14H2,1H3/t16-/m1/s1. The van der Waals surface area contributed by atoms with Crippen LogP contribution in [0.25, 0.3) is 0 Å². The second-order valence-electron chi connectivity index (χ2n) is 7.46. The van der Waals surface area contributed by atoms with Crippen molar-refractivity contribution in [2.45, 2.75) is 31.6 Å². The molecule has 0 radical (unpaired) electrons. The molecule has 3 saturated heterocycles. The summed E-state index contributed by atoms with van der Waals surface area (Å²) in [6.07, 6.45) is 1.69. The van der Waals surface area contributed by atoms with Crippen molar-refractivity contribution < 1.29 is 23.8 Å². The lowest BCUT2D eigenvalue weighted by molar-refractivity contribution is -0.188. The van der Waals surface area contributed by atoms with E-state index in [4.69, 9.17) is 14.2 Å². The Morgan fingerprint density at radius 3 is 2.70 bits per heavy atom. The van der Waals surface area contributed by atoms with E-state index in [1.54, 1.807) is 12.0 Å². The SMILES string of the molecule is COc1cccc(CN2C[C@H](C(=O)N3CCC4(CC3)OCCO4)CC2=O)c1. The van der Waals surface area contributed by atoms with E-state index in [0.717, 1.165) is 11.3 Å². The van der Waals surface area contributed by atoms with Crippen molar-refractivity contribution in [1.29, 1.82) is 0 Å². The van der Waals surface area contributed by atoms with Gasteiger partial charge in [-0.2, -0.15) is 0 Å². The highest BCUT2D eigenvalue weighted by Crippen LogP contribution is 2.32. The zero-order valence-electron chi connectivity index (χ0n) is 15.7. The minimum Gasteiger partial charge on any atom is -0.497 e. The Bertz CT molecular complexity index is 706. The fourth-order valence-electron chi connectivity index (χ4n) is 4.19. The van der Waals surface area contributed by atoms with E-state index in [0.29, 0.717) is 52.2 Å². The van der Waals surface area contributed by atoms with Crippen LogP contribution in [-0.2, 0) is 25.6 Å². The maximum absolute atomic E-state index is 12.9. The monoisotopic (exact) mass is 374 g/mol. The second kappa shape index (κ2) is 7.48. The first-order valence-electron chi connectivity index (χ1n) is 9.56. The average Bonchev–Trinajstić information content (AvgIpc) is 3.29. The summed E-state index contributed by atoms with van der Waals surface area (Å²) in [5, 5.41) is 0. The molecule has 4 rings (SSSR count). The molecule has 0 bridgehead atoms. The number of likely N-dealkylation sites (tertiary alicyclic amines) is 2. The lowest BCUT2D eigenvalue weighted by atomic mass is 10.0. The van der Waals surface area contributed by atoms with Gasteiger partial charge in [0.05, 0.1) is 26.2 Å². The van der Waals surface area contributed by atoms with Crippen molar-refractivity contribution in [3.63, 3.8) is 0 Å². The summed E-state index contributed by atoms with van der Waals surface area (Å²) in [6, 6.07) is 7.68. The maximum atomic E-state index is 12.9. The number of ether oxygens (including phenoxy) is 3. The first-order valence-corrected chi connectivity index (χ1v) is 9.56. The topological polar surface area (TPSA) is 68.3 Å². The molecule has 2 amide bonds. The normalized spacial score (nSPS) is 24.6. The van der Waals surface area contributed by atoms with E-state index in [9.17, 15) is 9.59 Å². The van der Waals surface area contributed by atoms with E-state index in [-0.39, 0.29) is 24.2 Å². The number of carbonyl (C=O) groups is 2. The fraction of sp³-hybridized carbons (Fsp3) is 0.600. The van der Waals surface area contributed by atoms with Gasteiger partial charge in [-0.3, -0.25) is 9.59 Å². The van der Waals surface area contributed by atoms with Crippen LogP contribution in [0, 0.1) is 5.92 Å². The number of amides is 2. The van der Waals surface area contributed by atoms with Crippen LogP contribution in [0.1, 0.15) is 24.8 Å². The molecule has 7 heteroatoms. The third kappa shape index (κ3) is 3.80. The Labute approximate surface area is 159 Å². The second-order valence-corrected chi connectivity index (χ2v) is 7.46. The summed E-state index contributed by atoms with van der Waals surface area (Å²) in [7, 11) is 1.62. The molecule has 7 nitrogen and oxygen atoms in total. The molecule has 3 fully saturated rings. The van der Waals surface area contributed by atoms with Gasteiger partial charge in [-0.05, 0) is 17.7 Å². The van der Waals surface area contributed by atoms with Crippen LogP contribution in [0.3, 0.4) is 0 Å². The average molecular weight is 374 g/mol. The van der Waals surface area contributed by atoms with Gasteiger partial charge < -0.3 is 24.0 Å². The van der Waals surface area contributed by atoms with Crippen LogP contribution in [-0.4, -0.2) is 67.4 Å². The van der Waals surface area contributed by atoms with E-state index in [1.807, 2.05) is 29.2 Å². The molecule has 1 aromatic carbocycles. The van der Waals surface area contributed by atoms with Crippen LogP contribution in [0.4, 0.5) is 0 Å². The van der Waals surface area contributed by atoms with Crippen LogP contribution >= 0.6 is 0 Å². The molecule has 1 spiro atoms. The zero-order chi connectivity index (χ0) is 18.9. The van der Waals surface area contributed by atoms with E-state index in [2.05, 4.69) is 0 Å². The molecule has 0 aromatic heterocycles. The fourth-order valence-corrected chi connectivity index (χ4v) is 4.19. The highest BCUT2D eigenvalue weighted by molar-refractivity contribution is 5.89. The number of nitrogens with zero attached hydrogens (tertiary/aromatic N) is 2. The summed E-state index contributed by atoms with van der Waals surface area (Å²) in [4.78, 5) is 28.9. The maximum Gasteiger partial charge on any atom is 0.228 e. The summed E-state index contributed by atoms with van der Waals surface area (Å²) in [6.45, 7) is 3.49. The Hall–Kier alpha value is -2.12. The van der Waals surface area contributed by atoms with Crippen molar-refractivity contribution in [1.82, 2.24) is 9.80 Å². The molecule has 3 aliphatic rings. The van der Waals surface area contributed by atoms with Gasteiger partial charge in [0.2, 0.25) is 11.8 Å². The smallest absolute Gasteiger partial charge is 0.228 e. The summed E-state index contributed by atoms with van der Waals surface area (Å²) in [5.74, 6) is 0.130. The molecule has 0 N–H and O–H groups in total. The first kappa shape index (κ1) is 18.3. The Morgan fingerprint density at radius 2 is 2.00 bits per heavy atom. The van der Waals surface area contributed by atoms with Gasteiger partial charge in [0.15, 0.2) is 5.79 Å². The molecular weight excluding hydrogens is 348 g/mol. The molecule has 0 unspecified atom stereocenters. The first-order chi connectivity index (χ1) is 13.1. The van der Waals surface area contributed by atoms with Crippen molar-refractivity contribution in [3.8, 4) is 5.75 Å². The molecule has 1 atom stereocenters. The zero-order valence-corrected chi connectivity index (χ0v) is 15.7. The van der Waals surface area contributed by atoms with E-state index in [1.165, 1.54) is 0 Å². The number of rotatable bonds is 4. The van der Waals surface area contributed by atoms with Crippen molar-refractivity contribution in [3.05, 3.63) is 29.8 Å². The van der Waals surface area contributed by atoms with Gasteiger partial charge in [0.25, 0.3) is 0 Å². The summed E-state index contributed by atoms with van der Waals surface area (Å²) in [5.41, 5.74) is 1.01. The molecule has 3 aliphatic heterocycles. The predicted molar refractivity (Wildman–Crippen MR) is 97.0 cm³/mol. The predicted octanol–water partition coefficient (Wildman–Crippen LogP) is 1.41. The van der Waals surface area contributed by atoms with Crippen LogP contribution in [0.2, 0.25) is 0 Å². The molecule has 27 heavy (non-hydrogen) atoms. The highest BCUT2D eigenvalue weighted by atomic mass is 16.7. The molecule has 1 aromatic rings. The molecule has 3 heterocycles. The van der Waals surface area contributed by atoms with Crippen LogP contribution in [0.5, 0.6) is 5.75 Å². The van der Waals surface area contributed by atoms with Gasteiger partial charge in [0.1, 0.15) is 5.75 Å². The van der Waals surface area contributed by atoms with E-state index >= 15 is 0 Å².